The number of hydrogen-bond acceptors (Lipinski definition) is 3. The predicted octanol–water partition coefficient (Wildman–Crippen LogP) is -0.642. The van der Waals surface area contributed by atoms with Gasteiger partial charge in [0.25, 0.3) is 0 Å². The molecule has 0 saturated carbocycles. The highest BCUT2D eigenvalue weighted by Crippen LogP contribution is 2.05. The van der Waals surface area contributed by atoms with E-state index in [0.717, 1.165) is 0 Å². The average Bonchev–Trinajstić information content (AvgIpc) is 2.04. The number of aliphatic hydroxyl groups excluding tert-OH is 1. The highest BCUT2D eigenvalue weighted by molar-refractivity contribution is 5.65. The van der Waals surface area contributed by atoms with Gasteiger partial charge in [-0.3, -0.25) is 4.90 Å². The standard InChI is InChI=1S/C6H11NO4/c8-3-5-4-11-2-1-7(5)6(9)10/h5,8H,1-4H2,(H,9,10). The summed E-state index contributed by atoms with van der Waals surface area (Å²) >= 11 is 0. The molecule has 0 aliphatic carbocycles. The Hall–Kier alpha value is -0.810. The van der Waals surface area contributed by atoms with Gasteiger partial charge >= 0.3 is 6.09 Å². The van der Waals surface area contributed by atoms with Crippen LogP contribution in [0.5, 0.6) is 0 Å². The average molecular weight is 161 g/mol. The predicted molar refractivity (Wildman–Crippen MR) is 36.4 cm³/mol. The summed E-state index contributed by atoms with van der Waals surface area (Å²) < 4.78 is 4.99. The largest absolute Gasteiger partial charge is 0.465 e. The van der Waals surface area contributed by atoms with Gasteiger partial charge in [0, 0.05) is 6.54 Å². The van der Waals surface area contributed by atoms with E-state index in [1.807, 2.05) is 0 Å². The number of hydrogen-bond donors (Lipinski definition) is 2. The molecular formula is C6H11NO4. The number of carboxylic acid groups (broad SMARTS) is 1. The van der Waals surface area contributed by atoms with Gasteiger partial charge in [0.05, 0.1) is 25.9 Å². The molecule has 5 nitrogen and oxygen atoms in total. The van der Waals surface area contributed by atoms with Crippen molar-refractivity contribution in [3.8, 4) is 0 Å². The Morgan fingerprint density at radius 2 is 2.45 bits per heavy atom. The molecule has 1 aliphatic rings. The highest BCUT2D eigenvalue weighted by atomic mass is 16.5. The summed E-state index contributed by atoms with van der Waals surface area (Å²) in [6.07, 6.45) is -0.993. The van der Waals surface area contributed by atoms with Crippen molar-refractivity contribution in [3.05, 3.63) is 0 Å². The number of amides is 1. The molecule has 11 heavy (non-hydrogen) atoms. The smallest absolute Gasteiger partial charge is 0.407 e. The number of morpholine rings is 1. The second kappa shape index (κ2) is 3.54. The number of rotatable bonds is 1. The minimum Gasteiger partial charge on any atom is -0.465 e. The van der Waals surface area contributed by atoms with E-state index >= 15 is 0 Å². The third kappa shape index (κ3) is 1.81. The molecular weight excluding hydrogens is 150 g/mol. The molecule has 1 fully saturated rings. The van der Waals surface area contributed by atoms with Crippen LogP contribution in [-0.2, 0) is 4.74 Å². The summed E-state index contributed by atoms with van der Waals surface area (Å²) in [7, 11) is 0. The zero-order valence-corrected chi connectivity index (χ0v) is 6.06. The van der Waals surface area contributed by atoms with E-state index in [2.05, 4.69) is 0 Å². The second-order valence-corrected chi connectivity index (χ2v) is 2.39. The van der Waals surface area contributed by atoms with Gasteiger partial charge in [0.2, 0.25) is 0 Å². The Labute approximate surface area is 64.2 Å². The molecule has 0 aromatic rings. The van der Waals surface area contributed by atoms with Crippen molar-refractivity contribution in [1.82, 2.24) is 4.90 Å². The fraction of sp³-hybridized carbons (Fsp3) is 0.833. The topological polar surface area (TPSA) is 70.0 Å². The van der Waals surface area contributed by atoms with Crippen LogP contribution in [0.1, 0.15) is 0 Å². The van der Waals surface area contributed by atoms with Crippen LogP contribution in [0.25, 0.3) is 0 Å². The Morgan fingerprint density at radius 3 is 2.91 bits per heavy atom. The Morgan fingerprint density at radius 1 is 1.73 bits per heavy atom. The van der Waals surface area contributed by atoms with Gasteiger partial charge < -0.3 is 14.9 Å². The summed E-state index contributed by atoms with van der Waals surface area (Å²) in [6.45, 7) is 0.887. The summed E-state index contributed by atoms with van der Waals surface area (Å²) in [6, 6.07) is -0.388. The Bertz CT molecular complexity index is 150. The van der Waals surface area contributed by atoms with Crippen molar-refractivity contribution in [2.75, 3.05) is 26.4 Å². The van der Waals surface area contributed by atoms with Gasteiger partial charge in [-0.2, -0.15) is 0 Å². The molecule has 1 amide bonds. The second-order valence-electron chi connectivity index (χ2n) is 2.39. The van der Waals surface area contributed by atoms with E-state index in [9.17, 15) is 4.79 Å². The molecule has 2 N–H and O–H groups in total. The van der Waals surface area contributed by atoms with Gasteiger partial charge in [-0.1, -0.05) is 0 Å². The van der Waals surface area contributed by atoms with Crippen LogP contribution >= 0.6 is 0 Å². The maximum absolute atomic E-state index is 10.5. The first-order valence-electron chi connectivity index (χ1n) is 3.44. The molecule has 1 heterocycles. The maximum Gasteiger partial charge on any atom is 0.407 e. The summed E-state index contributed by atoms with van der Waals surface area (Å²) in [5, 5.41) is 17.3. The number of nitrogens with zero attached hydrogens (tertiary/aromatic N) is 1. The molecule has 0 bridgehead atoms. The fourth-order valence-corrected chi connectivity index (χ4v) is 1.06. The first-order valence-corrected chi connectivity index (χ1v) is 3.44. The lowest BCUT2D eigenvalue weighted by atomic mass is 10.2. The van der Waals surface area contributed by atoms with E-state index in [1.165, 1.54) is 4.90 Å². The third-order valence-electron chi connectivity index (χ3n) is 1.68. The molecule has 1 atom stereocenters. The van der Waals surface area contributed by atoms with E-state index in [4.69, 9.17) is 14.9 Å². The van der Waals surface area contributed by atoms with E-state index in [0.29, 0.717) is 19.8 Å². The van der Waals surface area contributed by atoms with Crippen LogP contribution in [0.4, 0.5) is 4.79 Å². The van der Waals surface area contributed by atoms with E-state index < -0.39 is 6.09 Å². The quantitative estimate of drug-likeness (QED) is 0.536. The van der Waals surface area contributed by atoms with Crippen molar-refractivity contribution in [2.45, 2.75) is 6.04 Å². The van der Waals surface area contributed by atoms with Crippen molar-refractivity contribution >= 4 is 6.09 Å². The van der Waals surface area contributed by atoms with Gasteiger partial charge in [-0.05, 0) is 0 Å². The van der Waals surface area contributed by atoms with E-state index in [-0.39, 0.29) is 12.6 Å². The van der Waals surface area contributed by atoms with Gasteiger partial charge in [-0.15, -0.1) is 0 Å². The molecule has 0 aromatic carbocycles. The number of aliphatic hydroxyl groups is 1. The molecule has 64 valence electrons. The molecule has 1 unspecified atom stereocenters. The van der Waals surface area contributed by atoms with Crippen molar-refractivity contribution in [3.63, 3.8) is 0 Å². The molecule has 0 aromatic heterocycles. The highest BCUT2D eigenvalue weighted by Gasteiger charge is 2.25. The molecule has 1 aliphatic heterocycles. The zero-order chi connectivity index (χ0) is 8.27. The van der Waals surface area contributed by atoms with E-state index in [1.54, 1.807) is 0 Å². The van der Waals surface area contributed by atoms with Gasteiger partial charge in [0.1, 0.15) is 0 Å². The first kappa shape index (κ1) is 8.29. The van der Waals surface area contributed by atoms with Crippen molar-refractivity contribution < 1.29 is 19.7 Å². The third-order valence-corrected chi connectivity index (χ3v) is 1.68. The lowest BCUT2D eigenvalue weighted by molar-refractivity contribution is -0.0184. The minimum atomic E-state index is -0.993. The van der Waals surface area contributed by atoms with Crippen LogP contribution < -0.4 is 0 Å². The molecule has 0 radical (unpaired) electrons. The number of ether oxygens (including phenoxy) is 1. The zero-order valence-electron chi connectivity index (χ0n) is 6.06. The van der Waals surface area contributed by atoms with Crippen molar-refractivity contribution in [2.24, 2.45) is 0 Å². The monoisotopic (exact) mass is 161 g/mol. The number of carbonyl (C=O) groups is 1. The normalized spacial score (nSPS) is 25.2. The van der Waals surface area contributed by atoms with Crippen LogP contribution in [0, 0.1) is 0 Å². The Kier molecular flexibility index (Phi) is 2.67. The SMILES string of the molecule is O=C(O)N1CCOCC1CO. The fourth-order valence-electron chi connectivity index (χ4n) is 1.06. The first-order chi connectivity index (χ1) is 5.25. The van der Waals surface area contributed by atoms with Crippen LogP contribution in [0.2, 0.25) is 0 Å². The molecule has 0 spiro atoms. The Balaban J connectivity index is 2.51. The van der Waals surface area contributed by atoms with Crippen LogP contribution in [0.3, 0.4) is 0 Å². The summed E-state index contributed by atoms with van der Waals surface area (Å²) in [5.74, 6) is 0. The lowest BCUT2D eigenvalue weighted by Gasteiger charge is -2.31. The summed E-state index contributed by atoms with van der Waals surface area (Å²) in [5.41, 5.74) is 0. The molecule has 5 heteroatoms. The van der Waals surface area contributed by atoms with Crippen molar-refractivity contribution in [1.29, 1.82) is 0 Å². The minimum absolute atomic E-state index is 0.174. The molecule has 1 rings (SSSR count). The maximum atomic E-state index is 10.5. The van der Waals surface area contributed by atoms with Gasteiger partial charge in [-0.25, -0.2) is 4.79 Å². The van der Waals surface area contributed by atoms with Crippen LogP contribution in [0.15, 0.2) is 0 Å². The summed E-state index contributed by atoms with van der Waals surface area (Å²) in [4.78, 5) is 11.7. The van der Waals surface area contributed by atoms with Gasteiger partial charge in [0.15, 0.2) is 0 Å². The molecule has 1 saturated heterocycles. The lowest BCUT2D eigenvalue weighted by Crippen LogP contribution is -2.49. The van der Waals surface area contributed by atoms with Crippen LogP contribution in [-0.4, -0.2) is 53.6 Å².